The molecule has 2 N–H and O–H groups in total. The Bertz CT molecular complexity index is 442. The molecule has 20 heavy (non-hydrogen) atoms. The van der Waals surface area contributed by atoms with E-state index in [0.717, 1.165) is 45.4 Å². The summed E-state index contributed by atoms with van der Waals surface area (Å²) in [5.74, 6) is 0.395. The van der Waals surface area contributed by atoms with Gasteiger partial charge in [0.15, 0.2) is 0 Å². The van der Waals surface area contributed by atoms with Gasteiger partial charge in [0.05, 0.1) is 5.92 Å². The molecule has 1 aromatic carbocycles. The van der Waals surface area contributed by atoms with E-state index < -0.39 is 0 Å². The van der Waals surface area contributed by atoms with Crippen LogP contribution in [0.4, 0.5) is 5.69 Å². The van der Waals surface area contributed by atoms with Crippen molar-refractivity contribution >= 4 is 11.6 Å². The van der Waals surface area contributed by atoms with Crippen LogP contribution < -0.4 is 15.5 Å². The number of nitrogens with zero attached hydrogens (tertiary/aromatic N) is 1. The summed E-state index contributed by atoms with van der Waals surface area (Å²) >= 11 is 0. The summed E-state index contributed by atoms with van der Waals surface area (Å²) in [6, 6.07) is 10.7. The molecule has 2 heterocycles. The minimum absolute atomic E-state index is 0.162. The summed E-state index contributed by atoms with van der Waals surface area (Å²) in [7, 11) is 0. The molecule has 2 saturated heterocycles. The summed E-state index contributed by atoms with van der Waals surface area (Å²) in [5.41, 5.74) is 1.25. The van der Waals surface area contributed by atoms with Gasteiger partial charge in [-0.15, -0.1) is 0 Å². The highest BCUT2D eigenvalue weighted by molar-refractivity contribution is 5.79. The molecule has 0 saturated carbocycles. The maximum atomic E-state index is 12.2. The van der Waals surface area contributed by atoms with E-state index in [1.54, 1.807) is 0 Å². The molecular weight excluding hydrogens is 250 g/mol. The topological polar surface area (TPSA) is 44.4 Å². The van der Waals surface area contributed by atoms with Crippen molar-refractivity contribution < 1.29 is 4.79 Å². The molecule has 2 atom stereocenters. The molecule has 2 aliphatic heterocycles. The molecule has 0 spiro atoms. The van der Waals surface area contributed by atoms with E-state index in [2.05, 4.69) is 39.8 Å². The predicted molar refractivity (Wildman–Crippen MR) is 80.8 cm³/mol. The fourth-order valence-corrected chi connectivity index (χ4v) is 3.15. The number of para-hydroxylation sites is 1. The highest BCUT2D eigenvalue weighted by Gasteiger charge is 2.27. The van der Waals surface area contributed by atoms with E-state index >= 15 is 0 Å². The van der Waals surface area contributed by atoms with Crippen molar-refractivity contribution in [2.45, 2.75) is 25.3 Å². The largest absolute Gasteiger partial charge is 0.369 e. The lowest BCUT2D eigenvalue weighted by molar-refractivity contribution is -0.126. The van der Waals surface area contributed by atoms with E-state index in [9.17, 15) is 4.79 Å². The van der Waals surface area contributed by atoms with Gasteiger partial charge in [0.25, 0.3) is 0 Å². The highest BCUT2D eigenvalue weighted by Crippen LogP contribution is 2.20. The molecule has 0 aliphatic carbocycles. The number of hydrogen-bond acceptors (Lipinski definition) is 3. The molecular formula is C16H23N3O. The third kappa shape index (κ3) is 3.12. The summed E-state index contributed by atoms with van der Waals surface area (Å²) < 4.78 is 0. The van der Waals surface area contributed by atoms with Crippen LogP contribution in [0.15, 0.2) is 30.3 Å². The first-order valence-corrected chi connectivity index (χ1v) is 7.64. The molecule has 0 radical (unpaired) electrons. The van der Waals surface area contributed by atoms with Crippen molar-refractivity contribution in [3.05, 3.63) is 30.3 Å². The van der Waals surface area contributed by atoms with Gasteiger partial charge in [-0.2, -0.15) is 0 Å². The molecule has 3 rings (SSSR count). The standard InChI is InChI=1S/C16H23N3O/c20-16(13-5-4-9-17-11-13)18-14-8-10-19(12-14)15-6-2-1-3-7-15/h1-3,6-7,13-14,17H,4-5,8-12H2,(H,18,20). The Labute approximate surface area is 120 Å². The number of rotatable bonds is 3. The molecule has 1 amide bonds. The second-order valence-corrected chi connectivity index (χ2v) is 5.82. The number of carbonyl (C=O) groups excluding carboxylic acids is 1. The van der Waals surface area contributed by atoms with Crippen LogP contribution in [0.5, 0.6) is 0 Å². The monoisotopic (exact) mass is 273 g/mol. The van der Waals surface area contributed by atoms with Crippen molar-refractivity contribution in [2.24, 2.45) is 5.92 Å². The van der Waals surface area contributed by atoms with Crippen molar-refractivity contribution in [1.29, 1.82) is 0 Å². The van der Waals surface area contributed by atoms with Gasteiger partial charge in [0, 0.05) is 31.4 Å². The first-order valence-electron chi connectivity index (χ1n) is 7.64. The Hall–Kier alpha value is -1.55. The maximum absolute atomic E-state index is 12.2. The van der Waals surface area contributed by atoms with Gasteiger partial charge in [-0.25, -0.2) is 0 Å². The van der Waals surface area contributed by atoms with E-state index in [0.29, 0.717) is 6.04 Å². The van der Waals surface area contributed by atoms with Gasteiger partial charge in [-0.1, -0.05) is 18.2 Å². The normalized spacial score (nSPS) is 26.5. The minimum atomic E-state index is 0.162. The zero-order valence-electron chi connectivity index (χ0n) is 11.8. The number of anilines is 1. The lowest BCUT2D eigenvalue weighted by Crippen LogP contribution is -2.45. The molecule has 108 valence electrons. The third-order valence-corrected chi connectivity index (χ3v) is 4.32. The van der Waals surface area contributed by atoms with Crippen molar-refractivity contribution in [2.75, 3.05) is 31.1 Å². The quantitative estimate of drug-likeness (QED) is 0.874. The SMILES string of the molecule is O=C(NC1CCN(c2ccccc2)C1)C1CCCNC1. The smallest absolute Gasteiger partial charge is 0.224 e. The number of nitrogens with one attached hydrogen (secondary N) is 2. The molecule has 0 bridgehead atoms. The molecule has 4 heteroatoms. The van der Waals surface area contributed by atoms with E-state index in [-0.39, 0.29) is 11.8 Å². The lowest BCUT2D eigenvalue weighted by Gasteiger charge is -2.24. The van der Waals surface area contributed by atoms with Gasteiger partial charge in [0.1, 0.15) is 0 Å². The molecule has 2 aliphatic rings. The molecule has 0 aromatic heterocycles. The fraction of sp³-hybridized carbons (Fsp3) is 0.562. The van der Waals surface area contributed by atoms with Crippen LogP contribution >= 0.6 is 0 Å². The second kappa shape index (κ2) is 6.27. The number of hydrogen-bond donors (Lipinski definition) is 2. The lowest BCUT2D eigenvalue weighted by atomic mass is 9.98. The van der Waals surface area contributed by atoms with Crippen LogP contribution in [-0.2, 0) is 4.79 Å². The van der Waals surface area contributed by atoms with Gasteiger partial charge in [0.2, 0.25) is 5.91 Å². The zero-order valence-corrected chi connectivity index (χ0v) is 11.8. The molecule has 1 aromatic rings. The van der Waals surface area contributed by atoms with Crippen LogP contribution in [-0.4, -0.2) is 38.1 Å². The van der Waals surface area contributed by atoms with Crippen molar-refractivity contribution in [3.8, 4) is 0 Å². The third-order valence-electron chi connectivity index (χ3n) is 4.32. The minimum Gasteiger partial charge on any atom is -0.369 e. The Morgan fingerprint density at radius 1 is 1.25 bits per heavy atom. The fourth-order valence-electron chi connectivity index (χ4n) is 3.15. The Kier molecular flexibility index (Phi) is 4.21. The Balaban J connectivity index is 1.51. The van der Waals surface area contributed by atoms with E-state index in [1.165, 1.54) is 5.69 Å². The first kappa shape index (κ1) is 13.4. The second-order valence-electron chi connectivity index (χ2n) is 5.82. The zero-order chi connectivity index (χ0) is 13.8. The number of piperidine rings is 1. The van der Waals surface area contributed by atoms with Gasteiger partial charge >= 0.3 is 0 Å². The number of amides is 1. The van der Waals surface area contributed by atoms with Crippen molar-refractivity contribution in [3.63, 3.8) is 0 Å². The average molecular weight is 273 g/mol. The maximum Gasteiger partial charge on any atom is 0.224 e. The molecule has 2 unspecified atom stereocenters. The van der Waals surface area contributed by atoms with E-state index in [4.69, 9.17) is 0 Å². The summed E-state index contributed by atoms with van der Waals surface area (Å²) in [4.78, 5) is 14.6. The van der Waals surface area contributed by atoms with Crippen LogP contribution in [0.3, 0.4) is 0 Å². The first-order chi connectivity index (χ1) is 9.83. The molecule has 2 fully saturated rings. The Morgan fingerprint density at radius 2 is 2.10 bits per heavy atom. The summed E-state index contributed by atoms with van der Waals surface area (Å²) in [6.07, 6.45) is 3.17. The van der Waals surface area contributed by atoms with Crippen LogP contribution in [0, 0.1) is 5.92 Å². The number of carbonyl (C=O) groups is 1. The van der Waals surface area contributed by atoms with Gasteiger partial charge in [-0.3, -0.25) is 4.79 Å². The average Bonchev–Trinajstić information content (AvgIpc) is 2.97. The van der Waals surface area contributed by atoms with Crippen LogP contribution in [0.1, 0.15) is 19.3 Å². The van der Waals surface area contributed by atoms with Crippen molar-refractivity contribution in [1.82, 2.24) is 10.6 Å². The van der Waals surface area contributed by atoms with E-state index in [1.807, 2.05) is 6.07 Å². The summed E-state index contributed by atoms with van der Waals surface area (Å²) in [5, 5.41) is 6.53. The van der Waals surface area contributed by atoms with Crippen LogP contribution in [0.2, 0.25) is 0 Å². The Morgan fingerprint density at radius 3 is 2.85 bits per heavy atom. The summed E-state index contributed by atoms with van der Waals surface area (Å²) in [6.45, 7) is 3.84. The van der Waals surface area contributed by atoms with Crippen LogP contribution in [0.25, 0.3) is 0 Å². The number of benzene rings is 1. The molecule has 4 nitrogen and oxygen atoms in total. The van der Waals surface area contributed by atoms with Gasteiger partial charge < -0.3 is 15.5 Å². The highest BCUT2D eigenvalue weighted by atomic mass is 16.2. The van der Waals surface area contributed by atoms with Gasteiger partial charge in [-0.05, 0) is 37.9 Å². The predicted octanol–water partition coefficient (Wildman–Crippen LogP) is 1.38.